The molecule has 5 saturated heterocycles. The SMILES string of the molecule is C=CCN1CCCN(C)CC1.CC(C)N1CCCN(C)CC1.CCN1CCCN(C)CC1.CCN1CCN(C)CC1.CN1CCCN(C2CC2)CC1. The minimum absolute atomic E-state index is 0.724. The zero-order valence-electron chi connectivity index (χ0n) is 36.4. The first kappa shape index (κ1) is 47.5. The van der Waals surface area contributed by atoms with E-state index in [9.17, 15) is 0 Å². The molecule has 1 saturated carbocycles. The first-order chi connectivity index (χ1) is 25.0. The maximum atomic E-state index is 3.75. The minimum atomic E-state index is 0.724. The molecule has 0 aromatic rings. The number of hydrogen-bond acceptors (Lipinski definition) is 10. The molecule has 52 heavy (non-hydrogen) atoms. The van der Waals surface area contributed by atoms with Gasteiger partial charge in [0, 0.05) is 97.2 Å². The first-order valence-corrected chi connectivity index (χ1v) is 21.7. The zero-order chi connectivity index (χ0) is 38.1. The summed E-state index contributed by atoms with van der Waals surface area (Å²) in [6, 6.07) is 1.70. The van der Waals surface area contributed by atoms with Crippen LogP contribution in [0, 0.1) is 0 Å². The van der Waals surface area contributed by atoms with Crippen molar-refractivity contribution in [3.63, 3.8) is 0 Å². The van der Waals surface area contributed by atoms with Gasteiger partial charge >= 0.3 is 0 Å². The maximum Gasteiger partial charge on any atom is 0.0161 e. The van der Waals surface area contributed by atoms with Crippen LogP contribution in [0.1, 0.15) is 66.2 Å². The summed E-state index contributed by atoms with van der Waals surface area (Å²) in [6.45, 7) is 41.5. The van der Waals surface area contributed by atoms with Gasteiger partial charge in [-0.15, -0.1) is 6.58 Å². The highest BCUT2D eigenvalue weighted by Crippen LogP contribution is 2.27. The van der Waals surface area contributed by atoms with E-state index in [1.54, 1.807) is 0 Å². The fourth-order valence-electron chi connectivity index (χ4n) is 7.50. The van der Waals surface area contributed by atoms with Gasteiger partial charge in [-0.05, 0) is 153 Å². The van der Waals surface area contributed by atoms with E-state index >= 15 is 0 Å². The summed E-state index contributed by atoms with van der Waals surface area (Å²) in [5.74, 6) is 0. The lowest BCUT2D eigenvalue weighted by Gasteiger charge is -2.31. The third kappa shape index (κ3) is 22.7. The molecule has 0 spiro atoms. The molecule has 6 aliphatic rings. The minimum Gasteiger partial charge on any atom is -0.305 e. The van der Waals surface area contributed by atoms with Crippen LogP contribution in [0.3, 0.4) is 0 Å². The third-order valence-electron chi connectivity index (χ3n) is 11.8. The van der Waals surface area contributed by atoms with E-state index in [0.717, 1.165) is 18.6 Å². The number of likely N-dealkylation sites (N-methyl/N-ethyl adjacent to an activating group) is 7. The van der Waals surface area contributed by atoms with Crippen LogP contribution in [0.2, 0.25) is 0 Å². The highest BCUT2D eigenvalue weighted by Gasteiger charge is 2.29. The molecule has 308 valence electrons. The Balaban J connectivity index is 0.000000226. The molecule has 0 unspecified atom stereocenters. The molecule has 10 nitrogen and oxygen atoms in total. The van der Waals surface area contributed by atoms with E-state index in [1.165, 1.54) is 183 Å². The molecule has 10 heteroatoms. The van der Waals surface area contributed by atoms with Crippen molar-refractivity contribution in [2.45, 2.75) is 78.3 Å². The second-order valence-electron chi connectivity index (χ2n) is 16.8. The molecule has 0 aromatic heterocycles. The van der Waals surface area contributed by atoms with Gasteiger partial charge < -0.3 is 34.3 Å². The Bertz CT molecular complexity index is 827. The Morgan fingerprint density at radius 2 is 0.846 bits per heavy atom. The van der Waals surface area contributed by atoms with Crippen LogP contribution < -0.4 is 0 Å². The second-order valence-corrected chi connectivity index (χ2v) is 16.8. The summed E-state index contributed by atoms with van der Waals surface area (Å²) in [5, 5.41) is 0. The van der Waals surface area contributed by atoms with E-state index < -0.39 is 0 Å². The van der Waals surface area contributed by atoms with Gasteiger partial charge in [0.25, 0.3) is 0 Å². The van der Waals surface area contributed by atoms with Crippen molar-refractivity contribution in [1.29, 1.82) is 0 Å². The van der Waals surface area contributed by atoms with E-state index in [-0.39, 0.29) is 0 Å². The van der Waals surface area contributed by atoms with Crippen LogP contribution >= 0.6 is 0 Å². The molecule has 0 atom stereocenters. The van der Waals surface area contributed by atoms with Gasteiger partial charge in [-0.2, -0.15) is 0 Å². The Morgan fingerprint density at radius 3 is 1.31 bits per heavy atom. The average Bonchev–Trinajstić information content (AvgIpc) is 4.01. The molecule has 1 aliphatic carbocycles. The summed E-state index contributed by atoms with van der Waals surface area (Å²) < 4.78 is 0. The van der Waals surface area contributed by atoms with E-state index in [1.807, 2.05) is 6.08 Å². The van der Waals surface area contributed by atoms with Crippen molar-refractivity contribution in [2.24, 2.45) is 0 Å². The van der Waals surface area contributed by atoms with E-state index in [0.29, 0.717) is 0 Å². The van der Waals surface area contributed by atoms with Gasteiger partial charge in [-0.25, -0.2) is 0 Å². The maximum absolute atomic E-state index is 3.75. The van der Waals surface area contributed by atoms with Crippen LogP contribution in [-0.4, -0.2) is 247 Å². The monoisotopic (exact) mass is 735 g/mol. The van der Waals surface area contributed by atoms with Crippen LogP contribution in [-0.2, 0) is 0 Å². The van der Waals surface area contributed by atoms with Crippen LogP contribution in [0.15, 0.2) is 12.7 Å². The van der Waals surface area contributed by atoms with Crippen LogP contribution in [0.4, 0.5) is 0 Å². The normalized spacial score (nSPS) is 25.3. The zero-order valence-corrected chi connectivity index (χ0v) is 36.4. The Kier molecular flexibility index (Phi) is 26.2. The first-order valence-electron chi connectivity index (χ1n) is 21.7. The fraction of sp³-hybridized carbons (Fsp3) is 0.952. The lowest BCUT2D eigenvalue weighted by atomic mass is 10.3. The second kappa shape index (κ2) is 28.7. The summed E-state index contributed by atoms with van der Waals surface area (Å²) in [7, 11) is 11.0. The summed E-state index contributed by atoms with van der Waals surface area (Å²) in [6.07, 6.45) is 10.2. The largest absolute Gasteiger partial charge is 0.305 e. The summed E-state index contributed by atoms with van der Waals surface area (Å²) >= 11 is 0. The lowest BCUT2D eigenvalue weighted by molar-refractivity contribution is 0.160. The van der Waals surface area contributed by atoms with Gasteiger partial charge in [-0.3, -0.25) is 14.7 Å². The van der Waals surface area contributed by atoms with E-state index in [4.69, 9.17) is 0 Å². The Labute approximate surface area is 325 Å². The molecule has 0 aromatic carbocycles. The number of rotatable bonds is 6. The van der Waals surface area contributed by atoms with Crippen LogP contribution in [0.5, 0.6) is 0 Å². The van der Waals surface area contributed by atoms with Gasteiger partial charge in [-0.1, -0.05) is 19.9 Å². The van der Waals surface area contributed by atoms with Crippen molar-refractivity contribution in [3.05, 3.63) is 12.7 Å². The quantitative estimate of drug-likeness (QED) is 0.379. The third-order valence-corrected chi connectivity index (χ3v) is 11.8. The molecule has 6 rings (SSSR count). The van der Waals surface area contributed by atoms with Crippen molar-refractivity contribution in [3.8, 4) is 0 Å². The summed E-state index contributed by atoms with van der Waals surface area (Å²) in [5.41, 5.74) is 0. The number of piperazine rings is 1. The van der Waals surface area contributed by atoms with Gasteiger partial charge in [0.2, 0.25) is 0 Å². The molecular formula is C42H90N10. The molecule has 0 amide bonds. The lowest BCUT2D eigenvalue weighted by Crippen LogP contribution is -2.44. The fourth-order valence-corrected chi connectivity index (χ4v) is 7.50. The van der Waals surface area contributed by atoms with Gasteiger partial charge in [0.05, 0.1) is 0 Å². The van der Waals surface area contributed by atoms with Gasteiger partial charge in [0.1, 0.15) is 0 Å². The topological polar surface area (TPSA) is 32.4 Å². The van der Waals surface area contributed by atoms with E-state index in [2.05, 4.69) is 119 Å². The Morgan fingerprint density at radius 1 is 0.462 bits per heavy atom. The highest BCUT2D eigenvalue weighted by molar-refractivity contribution is 4.86. The smallest absolute Gasteiger partial charge is 0.0161 e. The molecular weight excluding hydrogens is 645 g/mol. The van der Waals surface area contributed by atoms with Crippen molar-refractivity contribution < 1.29 is 0 Å². The molecule has 6 fully saturated rings. The van der Waals surface area contributed by atoms with Crippen molar-refractivity contribution >= 4 is 0 Å². The Hall–Kier alpha value is -0.660. The van der Waals surface area contributed by atoms with Crippen molar-refractivity contribution in [1.82, 2.24) is 49.0 Å². The molecule has 0 radical (unpaired) electrons. The van der Waals surface area contributed by atoms with Crippen molar-refractivity contribution in [2.75, 3.05) is 186 Å². The molecule has 0 N–H and O–H groups in total. The predicted octanol–water partition coefficient (Wildman–Crippen LogP) is 3.53. The van der Waals surface area contributed by atoms with Gasteiger partial charge in [0.15, 0.2) is 0 Å². The number of hydrogen-bond donors (Lipinski definition) is 0. The highest BCUT2D eigenvalue weighted by atomic mass is 15.3. The number of nitrogens with zero attached hydrogens (tertiary/aromatic N) is 10. The van der Waals surface area contributed by atoms with Crippen LogP contribution in [0.25, 0.3) is 0 Å². The standard InChI is InChI=1S/C9H18N2.C9H20N2.C9H18N2.C8H18N2.C7H16N2/c1-10-5-2-6-11(8-7-10)9-3-4-9;1-9(2)11-6-4-5-10(3)7-8-11;1-3-5-11-7-4-6-10(2)8-9-11;1-3-10-6-4-5-9(2)7-8-10;1-3-9-6-4-8(2)5-7-9/h9H,2-8H2,1H3;9H,4-8H2,1-3H3;3H,1,4-9H2,2H3;3-8H2,1-2H3;3-7H2,1-2H3. The summed E-state index contributed by atoms with van der Waals surface area (Å²) in [4.78, 5) is 24.7. The molecule has 5 aliphatic heterocycles. The average molecular weight is 735 g/mol. The predicted molar refractivity (Wildman–Crippen MR) is 228 cm³/mol. The molecule has 0 bridgehead atoms. The molecule has 5 heterocycles.